The third-order valence-electron chi connectivity index (χ3n) is 5.20. The smallest absolute Gasteiger partial charge is 0.222 e. The summed E-state index contributed by atoms with van der Waals surface area (Å²) >= 11 is 0. The molecule has 1 amide bonds. The molecule has 2 aromatic rings. The van der Waals surface area contributed by atoms with Crippen LogP contribution < -0.4 is 0 Å². The van der Waals surface area contributed by atoms with Crippen LogP contribution in [0.4, 0.5) is 0 Å². The third kappa shape index (κ3) is 4.87. The van der Waals surface area contributed by atoms with E-state index in [1.165, 1.54) is 0 Å². The summed E-state index contributed by atoms with van der Waals surface area (Å²) < 4.78 is 25.4. The van der Waals surface area contributed by atoms with Crippen LogP contribution in [0.1, 0.15) is 42.5 Å². The molecule has 1 aliphatic heterocycles. The van der Waals surface area contributed by atoms with Crippen LogP contribution in [0.25, 0.3) is 0 Å². The SMILES string of the molecule is O=C(CCCC(=O)N1CCC(S(=O)(=O)c2ccccc2)CC1)c1ccccc1. The van der Waals surface area contributed by atoms with Crippen molar-refractivity contribution in [3.05, 3.63) is 66.2 Å². The molecule has 1 fully saturated rings. The Bertz CT molecular complexity index is 902. The fraction of sp³-hybridized carbons (Fsp3) is 0.364. The Morgan fingerprint density at radius 1 is 0.857 bits per heavy atom. The maximum Gasteiger partial charge on any atom is 0.222 e. The summed E-state index contributed by atoms with van der Waals surface area (Å²) in [5.74, 6) is 0.0393. The Kier molecular flexibility index (Phi) is 6.62. The van der Waals surface area contributed by atoms with Crippen molar-refractivity contribution in [2.45, 2.75) is 42.2 Å². The van der Waals surface area contributed by atoms with Gasteiger partial charge in [-0.2, -0.15) is 0 Å². The van der Waals surface area contributed by atoms with Gasteiger partial charge in [0.05, 0.1) is 10.1 Å². The lowest BCUT2D eigenvalue weighted by Crippen LogP contribution is -2.42. The van der Waals surface area contributed by atoms with Gasteiger partial charge in [0, 0.05) is 31.5 Å². The maximum atomic E-state index is 12.7. The molecule has 0 unspecified atom stereocenters. The number of nitrogens with zero attached hydrogens (tertiary/aromatic N) is 1. The third-order valence-corrected chi connectivity index (χ3v) is 7.47. The number of carbonyl (C=O) groups is 2. The standard InChI is InChI=1S/C22H25NO4S/c24-21(18-8-3-1-4-9-18)12-7-13-22(25)23-16-14-20(15-17-23)28(26,27)19-10-5-2-6-11-19/h1-6,8-11,20H,7,12-17H2. The van der Waals surface area contributed by atoms with Crippen LogP contribution in [0.15, 0.2) is 65.6 Å². The van der Waals surface area contributed by atoms with E-state index in [1.54, 1.807) is 47.4 Å². The molecule has 5 nitrogen and oxygen atoms in total. The van der Waals surface area contributed by atoms with Crippen molar-refractivity contribution in [2.24, 2.45) is 0 Å². The highest BCUT2D eigenvalue weighted by molar-refractivity contribution is 7.92. The van der Waals surface area contributed by atoms with Crippen molar-refractivity contribution in [3.63, 3.8) is 0 Å². The van der Waals surface area contributed by atoms with E-state index in [2.05, 4.69) is 0 Å². The van der Waals surface area contributed by atoms with Gasteiger partial charge in [0.25, 0.3) is 0 Å². The number of amides is 1. The van der Waals surface area contributed by atoms with Gasteiger partial charge in [-0.15, -0.1) is 0 Å². The Morgan fingerprint density at radius 3 is 2.04 bits per heavy atom. The molecule has 0 aromatic heterocycles. The van der Waals surface area contributed by atoms with Crippen molar-refractivity contribution < 1.29 is 18.0 Å². The number of carbonyl (C=O) groups excluding carboxylic acids is 2. The van der Waals surface area contributed by atoms with Crippen LogP contribution in [-0.2, 0) is 14.6 Å². The van der Waals surface area contributed by atoms with Gasteiger partial charge in [-0.3, -0.25) is 9.59 Å². The minimum Gasteiger partial charge on any atom is -0.343 e. The minimum absolute atomic E-state index is 0.00331. The number of piperidine rings is 1. The van der Waals surface area contributed by atoms with E-state index in [4.69, 9.17) is 0 Å². The zero-order chi connectivity index (χ0) is 20.0. The summed E-state index contributed by atoms with van der Waals surface area (Å²) in [5, 5.41) is -0.446. The monoisotopic (exact) mass is 399 g/mol. The Hall–Kier alpha value is -2.47. The Balaban J connectivity index is 1.46. The second-order valence-electron chi connectivity index (χ2n) is 7.08. The van der Waals surface area contributed by atoms with E-state index >= 15 is 0 Å². The van der Waals surface area contributed by atoms with Gasteiger partial charge in [0.2, 0.25) is 5.91 Å². The molecule has 3 rings (SSSR count). The van der Waals surface area contributed by atoms with Gasteiger partial charge in [-0.25, -0.2) is 8.42 Å². The maximum absolute atomic E-state index is 12.7. The predicted octanol–water partition coefficient (Wildman–Crippen LogP) is 3.50. The highest BCUT2D eigenvalue weighted by atomic mass is 32.2. The van der Waals surface area contributed by atoms with Crippen LogP contribution in [-0.4, -0.2) is 43.3 Å². The van der Waals surface area contributed by atoms with Crippen LogP contribution in [0.5, 0.6) is 0 Å². The number of hydrogen-bond donors (Lipinski definition) is 0. The van der Waals surface area contributed by atoms with Crippen molar-refractivity contribution >= 4 is 21.5 Å². The average molecular weight is 400 g/mol. The first-order valence-corrected chi connectivity index (χ1v) is 11.2. The molecule has 0 radical (unpaired) electrons. The lowest BCUT2D eigenvalue weighted by atomic mass is 10.0. The van der Waals surface area contributed by atoms with Crippen molar-refractivity contribution in [2.75, 3.05) is 13.1 Å². The van der Waals surface area contributed by atoms with Crippen LogP contribution in [0, 0.1) is 0 Å². The van der Waals surface area contributed by atoms with Gasteiger partial charge in [-0.05, 0) is 31.4 Å². The van der Waals surface area contributed by atoms with E-state index in [-0.39, 0.29) is 11.7 Å². The number of ketones is 1. The second kappa shape index (κ2) is 9.15. The lowest BCUT2D eigenvalue weighted by Gasteiger charge is -2.31. The Labute approximate surface area is 166 Å². The van der Waals surface area contributed by atoms with E-state index in [0.29, 0.717) is 55.7 Å². The molecular formula is C22H25NO4S. The molecule has 0 spiro atoms. The van der Waals surface area contributed by atoms with Gasteiger partial charge >= 0.3 is 0 Å². The van der Waals surface area contributed by atoms with E-state index in [0.717, 1.165) is 0 Å². The number of sulfone groups is 1. The molecular weight excluding hydrogens is 374 g/mol. The molecule has 1 aliphatic rings. The van der Waals surface area contributed by atoms with Crippen LogP contribution in [0.2, 0.25) is 0 Å². The molecule has 0 aliphatic carbocycles. The molecule has 2 aromatic carbocycles. The highest BCUT2D eigenvalue weighted by Gasteiger charge is 2.32. The lowest BCUT2D eigenvalue weighted by molar-refractivity contribution is -0.132. The summed E-state index contributed by atoms with van der Waals surface area (Å²) in [6.07, 6.45) is 2.07. The molecule has 28 heavy (non-hydrogen) atoms. The molecule has 1 saturated heterocycles. The summed E-state index contributed by atoms with van der Waals surface area (Å²) in [4.78, 5) is 26.6. The zero-order valence-corrected chi connectivity index (χ0v) is 16.6. The molecule has 0 atom stereocenters. The second-order valence-corrected chi connectivity index (χ2v) is 9.31. The van der Waals surface area contributed by atoms with Crippen molar-refractivity contribution in [1.29, 1.82) is 0 Å². The quantitative estimate of drug-likeness (QED) is 0.668. The van der Waals surface area contributed by atoms with Gasteiger partial charge in [0.15, 0.2) is 15.6 Å². The number of benzene rings is 2. The summed E-state index contributed by atoms with van der Waals surface area (Å²) in [6, 6.07) is 17.6. The summed E-state index contributed by atoms with van der Waals surface area (Å²) in [5.41, 5.74) is 0.668. The normalized spacial score (nSPS) is 15.4. The molecule has 6 heteroatoms. The summed E-state index contributed by atoms with van der Waals surface area (Å²) in [7, 11) is -3.35. The minimum atomic E-state index is -3.35. The van der Waals surface area contributed by atoms with Crippen LogP contribution >= 0.6 is 0 Å². The predicted molar refractivity (Wildman–Crippen MR) is 108 cm³/mol. The fourth-order valence-corrected chi connectivity index (χ4v) is 5.30. The fourth-order valence-electron chi connectivity index (χ4n) is 3.54. The van der Waals surface area contributed by atoms with E-state index < -0.39 is 15.1 Å². The Morgan fingerprint density at radius 2 is 1.43 bits per heavy atom. The van der Waals surface area contributed by atoms with E-state index in [9.17, 15) is 18.0 Å². The number of rotatable bonds is 7. The zero-order valence-electron chi connectivity index (χ0n) is 15.8. The molecule has 0 N–H and O–H groups in total. The molecule has 0 saturated carbocycles. The molecule has 0 bridgehead atoms. The van der Waals surface area contributed by atoms with Gasteiger partial charge < -0.3 is 4.90 Å². The van der Waals surface area contributed by atoms with Gasteiger partial charge in [0.1, 0.15) is 0 Å². The first-order valence-electron chi connectivity index (χ1n) is 9.63. The largest absolute Gasteiger partial charge is 0.343 e. The number of likely N-dealkylation sites (tertiary alicyclic amines) is 1. The average Bonchev–Trinajstić information content (AvgIpc) is 2.75. The number of hydrogen-bond acceptors (Lipinski definition) is 4. The topological polar surface area (TPSA) is 71.5 Å². The van der Waals surface area contributed by atoms with Crippen LogP contribution in [0.3, 0.4) is 0 Å². The highest BCUT2D eigenvalue weighted by Crippen LogP contribution is 2.25. The van der Waals surface area contributed by atoms with Crippen molar-refractivity contribution in [3.8, 4) is 0 Å². The van der Waals surface area contributed by atoms with Gasteiger partial charge in [-0.1, -0.05) is 48.5 Å². The number of Topliss-reactive ketones (excluding diaryl/α,β-unsaturated/α-hetero) is 1. The molecule has 148 valence electrons. The summed E-state index contributed by atoms with van der Waals surface area (Å²) in [6.45, 7) is 0.893. The molecule has 1 heterocycles. The van der Waals surface area contributed by atoms with Crippen molar-refractivity contribution in [1.82, 2.24) is 4.90 Å². The van der Waals surface area contributed by atoms with E-state index in [1.807, 2.05) is 18.2 Å². The first kappa shape index (κ1) is 20.3. The first-order chi connectivity index (χ1) is 13.5.